The van der Waals surface area contributed by atoms with Gasteiger partial charge in [-0.3, -0.25) is 25.0 Å². The molecule has 0 fully saturated rings. The van der Waals surface area contributed by atoms with E-state index in [-0.39, 0.29) is 32.8 Å². The van der Waals surface area contributed by atoms with Crippen LogP contribution in [0.1, 0.15) is 27.8 Å². The average Bonchev–Trinajstić information content (AvgIpc) is 2.49. The third-order valence-electron chi connectivity index (χ3n) is 2.10. The van der Waals surface area contributed by atoms with Crippen molar-refractivity contribution in [2.24, 2.45) is 5.84 Å². The standard InChI is InChI=1S/C7H7NO.C6H7N3O.Mo/c1-6(9)7-4-2-3-5-8-7;7-9-6(10)5-1-3-8-4-2-5;/h2-5H,1H3;1-4H,7H2,(H,9,10);. The van der Waals surface area contributed by atoms with Crippen molar-refractivity contribution in [3.8, 4) is 0 Å². The molecular formula is C13H14MoN4O2. The second-order valence-corrected chi connectivity index (χ2v) is 3.48. The van der Waals surface area contributed by atoms with Crippen molar-refractivity contribution >= 4 is 11.7 Å². The van der Waals surface area contributed by atoms with E-state index in [1.807, 2.05) is 5.43 Å². The minimum absolute atomic E-state index is 0. The number of ketones is 1. The van der Waals surface area contributed by atoms with Crippen LogP contribution in [0.5, 0.6) is 0 Å². The fourth-order valence-electron chi connectivity index (χ4n) is 1.16. The zero-order valence-electron chi connectivity index (χ0n) is 10.8. The fourth-order valence-corrected chi connectivity index (χ4v) is 1.16. The van der Waals surface area contributed by atoms with Gasteiger partial charge in [-0.25, -0.2) is 5.84 Å². The Kier molecular flexibility index (Phi) is 9.00. The minimum Gasteiger partial charge on any atom is -0.293 e. The molecule has 3 N–H and O–H groups in total. The van der Waals surface area contributed by atoms with Gasteiger partial charge in [0.1, 0.15) is 5.69 Å². The van der Waals surface area contributed by atoms with Gasteiger partial charge in [-0.05, 0) is 24.3 Å². The number of hydrogen-bond donors (Lipinski definition) is 2. The SMILES string of the molecule is CC(=O)c1ccccn1.NNC(=O)c1ccncc1.[Mo]. The van der Waals surface area contributed by atoms with E-state index in [0.29, 0.717) is 11.3 Å². The quantitative estimate of drug-likeness (QED) is 0.275. The first-order valence-electron chi connectivity index (χ1n) is 5.48. The van der Waals surface area contributed by atoms with Crippen LogP contribution in [-0.4, -0.2) is 21.7 Å². The van der Waals surface area contributed by atoms with Gasteiger partial charge < -0.3 is 0 Å². The van der Waals surface area contributed by atoms with E-state index < -0.39 is 0 Å². The number of carbonyl (C=O) groups is 2. The summed E-state index contributed by atoms with van der Waals surface area (Å²) >= 11 is 0. The fraction of sp³-hybridized carbons (Fsp3) is 0.0769. The molecule has 0 saturated carbocycles. The summed E-state index contributed by atoms with van der Waals surface area (Å²) < 4.78 is 0. The van der Waals surface area contributed by atoms with E-state index in [4.69, 9.17) is 5.84 Å². The van der Waals surface area contributed by atoms with Gasteiger partial charge in [0.25, 0.3) is 5.91 Å². The summed E-state index contributed by atoms with van der Waals surface area (Å²) in [6.45, 7) is 1.50. The number of aromatic nitrogens is 2. The number of nitrogens with zero attached hydrogens (tertiary/aromatic N) is 2. The van der Waals surface area contributed by atoms with Crippen molar-refractivity contribution in [1.82, 2.24) is 15.4 Å². The second kappa shape index (κ2) is 9.95. The molecule has 0 bridgehead atoms. The number of nitrogen functional groups attached to an aromatic ring is 1. The minimum atomic E-state index is -0.303. The summed E-state index contributed by atoms with van der Waals surface area (Å²) in [6, 6.07) is 8.45. The number of nitrogens with one attached hydrogen (secondary N) is 1. The van der Waals surface area contributed by atoms with Crippen LogP contribution in [0, 0.1) is 0 Å². The van der Waals surface area contributed by atoms with Crippen LogP contribution in [-0.2, 0) is 21.1 Å². The first-order valence-corrected chi connectivity index (χ1v) is 5.48. The molecule has 0 aliphatic heterocycles. The monoisotopic (exact) mass is 356 g/mol. The number of hydrogen-bond acceptors (Lipinski definition) is 5. The molecule has 2 aromatic heterocycles. The van der Waals surface area contributed by atoms with Crippen LogP contribution >= 0.6 is 0 Å². The van der Waals surface area contributed by atoms with E-state index in [0.717, 1.165) is 0 Å². The second-order valence-electron chi connectivity index (χ2n) is 3.48. The Balaban J connectivity index is 0.000000345. The summed E-state index contributed by atoms with van der Waals surface area (Å²) in [7, 11) is 0. The van der Waals surface area contributed by atoms with Crippen LogP contribution in [0.25, 0.3) is 0 Å². The molecule has 0 unspecified atom stereocenters. The zero-order chi connectivity index (χ0) is 14.1. The van der Waals surface area contributed by atoms with Crippen molar-refractivity contribution in [1.29, 1.82) is 0 Å². The molecule has 2 heterocycles. The molecule has 0 saturated heterocycles. The van der Waals surface area contributed by atoms with Gasteiger partial charge in [0.2, 0.25) is 0 Å². The van der Waals surface area contributed by atoms with Crippen LogP contribution in [0.4, 0.5) is 0 Å². The van der Waals surface area contributed by atoms with E-state index in [2.05, 4.69) is 9.97 Å². The van der Waals surface area contributed by atoms with Crippen LogP contribution in [0.2, 0.25) is 0 Å². The topological polar surface area (TPSA) is 98.0 Å². The van der Waals surface area contributed by atoms with Crippen molar-refractivity contribution in [3.63, 3.8) is 0 Å². The molecule has 0 radical (unpaired) electrons. The molecule has 0 aromatic carbocycles. The molecule has 0 atom stereocenters. The van der Waals surface area contributed by atoms with Gasteiger partial charge in [-0.2, -0.15) is 0 Å². The van der Waals surface area contributed by atoms with Gasteiger partial charge in [-0.1, -0.05) is 6.07 Å². The third-order valence-corrected chi connectivity index (χ3v) is 2.10. The number of pyridine rings is 2. The molecule has 7 heteroatoms. The Morgan fingerprint density at radius 1 is 1.10 bits per heavy atom. The van der Waals surface area contributed by atoms with Crippen LogP contribution < -0.4 is 11.3 Å². The van der Waals surface area contributed by atoms with E-state index in [1.54, 1.807) is 36.5 Å². The number of hydrazine groups is 1. The van der Waals surface area contributed by atoms with Gasteiger partial charge in [-0.15, -0.1) is 0 Å². The maximum atomic E-state index is 10.7. The van der Waals surface area contributed by atoms with Crippen molar-refractivity contribution in [3.05, 3.63) is 60.2 Å². The van der Waals surface area contributed by atoms with Crippen molar-refractivity contribution in [2.75, 3.05) is 0 Å². The smallest absolute Gasteiger partial charge is 0.265 e. The van der Waals surface area contributed by atoms with Gasteiger partial charge >= 0.3 is 0 Å². The largest absolute Gasteiger partial charge is 0.293 e. The zero-order valence-corrected chi connectivity index (χ0v) is 12.8. The summed E-state index contributed by atoms with van der Waals surface area (Å²) in [6.07, 6.45) is 4.67. The predicted octanol–water partition coefficient (Wildman–Crippen LogP) is 0.967. The average molecular weight is 354 g/mol. The molecule has 104 valence electrons. The van der Waals surface area contributed by atoms with Gasteiger partial charge in [0.05, 0.1) is 0 Å². The Morgan fingerprint density at radius 3 is 2.15 bits per heavy atom. The molecule has 0 aliphatic rings. The number of rotatable bonds is 2. The molecular weight excluding hydrogens is 340 g/mol. The Labute approximate surface area is 131 Å². The number of Topliss-reactive ketones (excluding diaryl/α,β-unsaturated/α-hetero) is 1. The number of carbonyl (C=O) groups excluding carboxylic acids is 2. The molecule has 1 amide bonds. The Morgan fingerprint density at radius 2 is 1.75 bits per heavy atom. The summed E-state index contributed by atoms with van der Waals surface area (Å²) in [5.41, 5.74) is 3.05. The molecule has 20 heavy (non-hydrogen) atoms. The number of nitrogens with two attached hydrogens (primary N) is 1. The van der Waals surface area contributed by atoms with E-state index >= 15 is 0 Å². The van der Waals surface area contributed by atoms with E-state index in [1.165, 1.54) is 19.3 Å². The van der Waals surface area contributed by atoms with Gasteiger partial charge in [0.15, 0.2) is 5.78 Å². The number of amides is 1. The Bertz CT molecular complexity index is 535. The summed E-state index contributed by atoms with van der Waals surface area (Å²) in [4.78, 5) is 28.9. The maximum absolute atomic E-state index is 10.7. The Hall–Kier alpha value is -1.91. The molecule has 0 spiro atoms. The summed E-state index contributed by atoms with van der Waals surface area (Å²) in [5.74, 6) is 4.59. The maximum Gasteiger partial charge on any atom is 0.265 e. The molecule has 0 aliphatic carbocycles. The van der Waals surface area contributed by atoms with E-state index in [9.17, 15) is 9.59 Å². The first kappa shape index (κ1) is 18.1. The van der Waals surface area contributed by atoms with Crippen molar-refractivity contribution < 1.29 is 30.7 Å². The van der Waals surface area contributed by atoms with Gasteiger partial charge in [0, 0.05) is 52.1 Å². The predicted molar refractivity (Wildman–Crippen MR) is 70.1 cm³/mol. The summed E-state index contributed by atoms with van der Waals surface area (Å²) in [5, 5.41) is 0. The molecule has 2 aromatic rings. The van der Waals surface area contributed by atoms with Crippen LogP contribution in [0.15, 0.2) is 48.9 Å². The molecule has 2 rings (SSSR count). The first-order chi connectivity index (χ1) is 9.15. The normalized spacial score (nSPS) is 8.50. The van der Waals surface area contributed by atoms with Crippen LogP contribution in [0.3, 0.4) is 0 Å². The molecule has 6 nitrogen and oxygen atoms in total. The van der Waals surface area contributed by atoms with Crippen molar-refractivity contribution in [2.45, 2.75) is 6.92 Å². The third kappa shape index (κ3) is 6.31.